The van der Waals surface area contributed by atoms with E-state index in [0.29, 0.717) is 19.0 Å². The molecule has 1 N–H and O–H groups in total. The quantitative estimate of drug-likeness (QED) is 0.791. The Kier molecular flexibility index (Phi) is 4.11. The largest absolute Gasteiger partial charge is 0.459 e. The molecule has 0 atom stereocenters. The van der Waals surface area contributed by atoms with Crippen molar-refractivity contribution in [2.24, 2.45) is 0 Å². The molecule has 1 aromatic carbocycles. The topological polar surface area (TPSA) is 71.5 Å². The van der Waals surface area contributed by atoms with Crippen LogP contribution in [-0.2, 0) is 17.8 Å². The molecule has 128 valence electrons. The van der Waals surface area contributed by atoms with Crippen molar-refractivity contribution in [2.45, 2.75) is 19.9 Å². The van der Waals surface area contributed by atoms with Crippen LogP contribution < -0.4 is 5.32 Å². The van der Waals surface area contributed by atoms with Gasteiger partial charge in [0.25, 0.3) is 0 Å². The molecule has 0 saturated heterocycles. The van der Waals surface area contributed by atoms with Gasteiger partial charge in [-0.05, 0) is 25.0 Å². The van der Waals surface area contributed by atoms with E-state index >= 15 is 0 Å². The van der Waals surface area contributed by atoms with E-state index in [-0.39, 0.29) is 5.91 Å². The van der Waals surface area contributed by atoms with Crippen molar-refractivity contribution in [3.05, 3.63) is 59.5 Å². The van der Waals surface area contributed by atoms with Gasteiger partial charge in [0.15, 0.2) is 0 Å². The second kappa shape index (κ2) is 6.57. The number of hydrogen-bond acceptors (Lipinski definition) is 5. The van der Waals surface area contributed by atoms with Gasteiger partial charge in [0.2, 0.25) is 11.8 Å². The van der Waals surface area contributed by atoms with E-state index in [2.05, 4.69) is 21.4 Å². The van der Waals surface area contributed by atoms with E-state index in [9.17, 15) is 4.79 Å². The molecule has 6 heteroatoms. The summed E-state index contributed by atoms with van der Waals surface area (Å²) in [6, 6.07) is 13.9. The first kappa shape index (κ1) is 15.7. The second-order valence-corrected chi connectivity index (χ2v) is 6.27. The number of aryl methyl sites for hydroxylation is 1. The molecular formula is C19H19N3O3. The summed E-state index contributed by atoms with van der Waals surface area (Å²) in [5.41, 5.74) is 3.03. The van der Waals surface area contributed by atoms with Gasteiger partial charge in [0.1, 0.15) is 11.5 Å². The van der Waals surface area contributed by atoms with Crippen molar-refractivity contribution in [3.8, 4) is 11.3 Å². The Morgan fingerprint density at radius 1 is 1.28 bits per heavy atom. The second-order valence-electron chi connectivity index (χ2n) is 6.27. The smallest absolute Gasteiger partial charge is 0.240 e. The number of rotatable bonds is 4. The normalized spacial score (nSPS) is 14.3. The van der Waals surface area contributed by atoms with Crippen LogP contribution >= 0.6 is 0 Å². The average molecular weight is 337 g/mol. The minimum absolute atomic E-state index is 0.116. The fourth-order valence-electron chi connectivity index (χ4n) is 3.05. The van der Waals surface area contributed by atoms with Crippen molar-refractivity contribution >= 4 is 11.8 Å². The number of nitrogens with one attached hydrogen (secondary N) is 1. The van der Waals surface area contributed by atoms with Crippen molar-refractivity contribution in [3.63, 3.8) is 0 Å². The van der Waals surface area contributed by atoms with Gasteiger partial charge in [0.05, 0.1) is 18.8 Å². The molecule has 0 radical (unpaired) electrons. The number of hydrogen-bond donors (Lipinski definition) is 1. The molecule has 3 aromatic rings. The van der Waals surface area contributed by atoms with Crippen LogP contribution in [0.5, 0.6) is 0 Å². The van der Waals surface area contributed by atoms with Crippen molar-refractivity contribution in [2.75, 3.05) is 18.4 Å². The number of anilines is 1. The standard InChI is InChI=1S/C19H19N3O3/c1-13-9-19(25-21-13)20-18(23)12-22-8-7-15-10-16(24-17(15)11-22)14-5-3-2-4-6-14/h2-6,9-10H,7-8,11-12H2,1H3,(H,20,23). The van der Waals surface area contributed by atoms with Gasteiger partial charge in [-0.25, -0.2) is 0 Å². The van der Waals surface area contributed by atoms with E-state index in [1.54, 1.807) is 6.07 Å². The van der Waals surface area contributed by atoms with Crippen LogP contribution in [0.25, 0.3) is 11.3 Å². The maximum Gasteiger partial charge on any atom is 0.240 e. The fourth-order valence-corrected chi connectivity index (χ4v) is 3.05. The first-order valence-corrected chi connectivity index (χ1v) is 8.30. The highest BCUT2D eigenvalue weighted by atomic mass is 16.5. The summed E-state index contributed by atoms with van der Waals surface area (Å²) in [5, 5.41) is 6.48. The van der Waals surface area contributed by atoms with Crippen LogP contribution in [0.2, 0.25) is 0 Å². The SMILES string of the molecule is Cc1cc(NC(=O)CN2CCc3cc(-c4ccccc4)oc3C2)on1. The number of benzene rings is 1. The highest BCUT2D eigenvalue weighted by Crippen LogP contribution is 2.29. The van der Waals surface area contributed by atoms with Crippen LogP contribution in [0.1, 0.15) is 17.0 Å². The number of aromatic nitrogens is 1. The zero-order chi connectivity index (χ0) is 17.2. The Morgan fingerprint density at radius 3 is 2.88 bits per heavy atom. The molecule has 6 nitrogen and oxygen atoms in total. The third-order valence-electron chi connectivity index (χ3n) is 4.28. The molecule has 1 amide bonds. The first-order chi connectivity index (χ1) is 12.2. The molecule has 25 heavy (non-hydrogen) atoms. The summed E-state index contributed by atoms with van der Waals surface area (Å²) in [5.74, 6) is 2.08. The maximum absolute atomic E-state index is 12.2. The molecule has 0 saturated carbocycles. The lowest BCUT2D eigenvalue weighted by Crippen LogP contribution is -2.36. The van der Waals surface area contributed by atoms with Gasteiger partial charge < -0.3 is 8.94 Å². The third kappa shape index (κ3) is 3.49. The molecule has 2 aromatic heterocycles. The lowest BCUT2D eigenvalue weighted by molar-refractivity contribution is -0.117. The van der Waals surface area contributed by atoms with Crippen molar-refractivity contribution in [1.29, 1.82) is 0 Å². The summed E-state index contributed by atoms with van der Waals surface area (Å²) in [4.78, 5) is 14.2. The Bertz CT molecular complexity index is 882. The van der Waals surface area contributed by atoms with Crippen LogP contribution in [0.4, 0.5) is 5.88 Å². The van der Waals surface area contributed by atoms with E-state index in [1.165, 1.54) is 5.56 Å². The minimum Gasteiger partial charge on any atom is -0.459 e. The monoisotopic (exact) mass is 337 g/mol. The van der Waals surface area contributed by atoms with Gasteiger partial charge in [-0.15, -0.1) is 0 Å². The predicted octanol–water partition coefficient (Wildman–Crippen LogP) is 3.24. The molecule has 4 rings (SSSR count). The van der Waals surface area contributed by atoms with Gasteiger partial charge in [0, 0.05) is 18.2 Å². The summed E-state index contributed by atoms with van der Waals surface area (Å²) in [7, 11) is 0. The van der Waals surface area contributed by atoms with Crippen LogP contribution in [0, 0.1) is 6.92 Å². The van der Waals surface area contributed by atoms with Gasteiger partial charge >= 0.3 is 0 Å². The number of carbonyl (C=O) groups excluding carboxylic acids is 1. The van der Waals surface area contributed by atoms with E-state index < -0.39 is 0 Å². The highest BCUT2D eigenvalue weighted by molar-refractivity contribution is 5.91. The van der Waals surface area contributed by atoms with E-state index in [0.717, 1.165) is 35.7 Å². The molecule has 0 fully saturated rings. The number of amides is 1. The molecule has 0 spiro atoms. The minimum atomic E-state index is -0.116. The molecular weight excluding hydrogens is 318 g/mol. The van der Waals surface area contributed by atoms with Gasteiger partial charge in [-0.1, -0.05) is 35.5 Å². The van der Waals surface area contributed by atoms with Crippen LogP contribution in [0.15, 0.2) is 51.4 Å². The van der Waals surface area contributed by atoms with Crippen molar-refractivity contribution in [1.82, 2.24) is 10.1 Å². The molecule has 0 unspecified atom stereocenters. The Balaban J connectivity index is 1.41. The van der Waals surface area contributed by atoms with Crippen molar-refractivity contribution < 1.29 is 13.7 Å². The summed E-state index contributed by atoms with van der Waals surface area (Å²) >= 11 is 0. The maximum atomic E-state index is 12.2. The van der Waals surface area contributed by atoms with Crippen LogP contribution in [0.3, 0.4) is 0 Å². The lowest BCUT2D eigenvalue weighted by atomic mass is 10.1. The van der Waals surface area contributed by atoms with Crippen LogP contribution in [-0.4, -0.2) is 29.1 Å². The zero-order valence-corrected chi connectivity index (χ0v) is 14.0. The number of carbonyl (C=O) groups is 1. The van der Waals surface area contributed by atoms with Gasteiger partial charge in [-0.2, -0.15) is 0 Å². The van der Waals surface area contributed by atoms with Gasteiger partial charge in [-0.3, -0.25) is 15.0 Å². The first-order valence-electron chi connectivity index (χ1n) is 8.30. The molecule has 3 heterocycles. The highest BCUT2D eigenvalue weighted by Gasteiger charge is 2.23. The molecule has 0 aliphatic carbocycles. The summed E-state index contributed by atoms with van der Waals surface area (Å²) < 4.78 is 11.0. The molecule has 1 aliphatic heterocycles. The summed E-state index contributed by atoms with van der Waals surface area (Å²) in [6.07, 6.45) is 0.875. The number of furan rings is 1. The average Bonchev–Trinajstić information content (AvgIpc) is 3.21. The predicted molar refractivity (Wildman–Crippen MR) is 93.0 cm³/mol. The van der Waals surface area contributed by atoms with E-state index in [4.69, 9.17) is 8.94 Å². The molecule has 1 aliphatic rings. The zero-order valence-electron chi connectivity index (χ0n) is 14.0. The number of nitrogens with zero attached hydrogens (tertiary/aromatic N) is 2. The third-order valence-corrected chi connectivity index (χ3v) is 4.28. The Morgan fingerprint density at radius 2 is 2.12 bits per heavy atom. The number of fused-ring (bicyclic) bond motifs is 1. The van der Waals surface area contributed by atoms with E-state index in [1.807, 2.05) is 37.3 Å². The Hall–Kier alpha value is -2.86. The molecule has 0 bridgehead atoms. The fraction of sp³-hybridized carbons (Fsp3) is 0.263. The summed E-state index contributed by atoms with van der Waals surface area (Å²) in [6.45, 7) is 3.56. The Labute approximate surface area is 145 Å². The lowest BCUT2D eigenvalue weighted by Gasteiger charge is -2.24.